The molecule has 13 nitrogen and oxygen atoms in total. The van der Waals surface area contributed by atoms with Crippen molar-refractivity contribution < 1.29 is 53.2 Å². The molecule has 0 aromatic heterocycles. The van der Waals surface area contributed by atoms with Crippen molar-refractivity contribution >= 4 is 41.4 Å². The van der Waals surface area contributed by atoms with E-state index in [4.69, 9.17) is 19.9 Å². The number of methoxy groups -OCH3 is 1. The first-order valence-electron chi connectivity index (χ1n) is 15.7. The summed E-state index contributed by atoms with van der Waals surface area (Å²) in [5.74, 6) is -5.97. The van der Waals surface area contributed by atoms with Gasteiger partial charge in [-0.25, -0.2) is 24.0 Å². The van der Waals surface area contributed by atoms with Gasteiger partial charge in [-0.3, -0.25) is 4.79 Å². The monoisotopic (exact) mass is 696 g/mol. The number of ether oxygens (including phenoxy) is 3. The van der Waals surface area contributed by atoms with Gasteiger partial charge in [0.05, 0.1) is 23.8 Å². The van der Waals surface area contributed by atoms with Crippen LogP contribution in [-0.2, 0) is 28.6 Å². The second-order valence-electron chi connectivity index (χ2n) is 11.5. The Labute approximate surface area is 293 Å². The fourth-order valence-electron chi connectivity index (χ4n) is 5.48. The predicted octanol–water partition coefficient (Wildman–Crippen LogP) is 4.89. The van der Waals surface area contributed by atoms with Crippen molar-refractivity contribution in [1.82, 2.24) is 0 Å². The fraction of sp³-hybridized carbons (Fsp3) is 0.211. The van der Waals surface area contributed by atoms with Gasteiger partial charge in [-0.05, 0) is 78.6 Å². The van der Waals surface area contributed by atoms with E-state index in [0.29, 0.717) is 5.56 Å². The van der Waals surface area contributed by atoms with Gasteiger partial charge in [0.2, 0.25) is 18.1 Å². The summed E-state index contributed by atoms with van der Waals surface area (Å²) in [6.45, 7) is 3.60. The summed E-state index contributed by atoms with van der Waals surface area (Å²) in [5, 5.41) is 18.5. The first-order valence-corrected chi connectivity index (χ1v) is 15.7. The molecule has 4 atom stereocenters. The summed E-state index contributed by atoms with van der Waals surface area (Å²) >= 11 is 0. The fourth-order valence-corrected chi connectivity index (χ4v) is 5.48. The minimum atomic E-state index is -2.21. The van der Waals surface area contributed by atoms with E-state index in [0.717, 1.165) is 28.8 Å². The third-order valence-electron chi connectivity index (χ3n) is 7.95. The van der Waals surface area contributed by atoms with E-state index in [2.05, 4.69) is 0 Å². The summed E-state index contributed by atoms with van der Waals surface area (Å²) in [4.78, 5) is 72.2. The lowest BCUT2D eigenvalue weighted by molar-refractivity contribution is -0.166. The maximum absolute atomic E-state index is 12.0. The van der Waals surface area contributed by atoms with Crippen LogP contribution in [0, 0.1) is 0 Å². The molecule has 0 spiro atoms. The smallest absolute Gasteiger partial charge is 0.349 e. The zero-order valence-corrected chi connectivity index (χ0v) is 27.9. The van der Waals surface area contributed by atoms with E-state index >= 15 is 0 Å². The molecule has 0 aliphatic carbocycles. The molecule has 4 N–H and O–H groups in total. The second-order valence-corrected chi connectivity index (χ2v) is 11.5. The van der Waals surface area contributed by atoms with Crippen LogP contribution >= 0.6 is 0 Å². The summed E-state index contributed by atoms with van der Waals surface area (Å²) in [5.41, 5.74) is 10.7. The number of aliphatic carboxylic acids is 2. The number of benzene rings is 4. The molecule has 1 heterocycles. The number of anilines is 1. The molecular formula is C38H36N2O11. The Balaban J connectivity index is 0.000000229. The molecular weight excluding hydrogens is 660 g/mol. The number of carbonyl (C=O) groups is 6. The van der Waals surface area contributed by atoms with Crippen LogP contribution < -0.4 is 10.6 Å². The number of carboxylic acids is 2. The number of nitrogens with two attached hydrogens (primary N) is 1. The normalized spacial score (nSPS) is 15.8. The molecule has 0 fully saturated rings. The Hall–Kier alpha value is -6.34. The highest BCUT2D eigenvalue weighted by molar-refractivity contribution is 5.96. The maximum atomic E-state index is 12.0. The van der Waals surface area contributed by atoms with Crippen LogP contribution in [0.5, 0.6) is 0 Å². The van der Waals surface area contributed by atoms with E-state index in [1.807, 2.05) is 42.2 Å². The van der Waals surface area contributed by atoms with Crippen molar-refractivity contribution in [2.45, 2.75) is 44.6 Å². The van der Waals surface area contributed by atoms with Gasteiger partial charge in [-0.2, -0.15) is 0 Å². The Kier molecular flexibility index (Phi) is 12.4. The molecule has 1 amide bonds. The van der Waals surface area contributed by atoms with Crippen LogP contribution in [0.25, 0.3) is 11.1 Å². The van der Waals surface area contributed by atoms with Crippen LogP contribution in [0.3, 0.4) is 0 Å². The maximum Gasteiger partial charge on any atom is 0.349 e. The molecule has 1 aliphatic heterocycles. The van der Waals surface area contributed by atoms with E-state index in [1.54, 1.807) is 31.2 Å². The van der Waals surface area contributed by atoms with Gasteiger partial charge in [-0.1, -0.05) is 54.6 Å². The third-order valence-corrected chi connectivity index (χ3v) is 7.95. The summed E-state index contributed by atoms with van der Waals surface area (Å²) in [7, 11) is 1.36. The van der Waals surface area contributed by atoms with Gasteiger partial charge >= 0.3 is 29.8 Å². The number of hydrogen-bond acceptors (Lipinski definition) is 10. The minimum absolute atomic E-state index is 0.0239. The van der Waals surface area contributed by atoms with Crippen LogP contribution in [0.2, 0.25) is 0 Å². The van der Waals surface area contributed by atoms with Gasteiger partial charge in [0.1, 0.15) is 0 Å². The molecule has 4 aromatic carbocycles. The number of rotatable bonds is 9. The molecule has 0 radical (unpaired) electrons. The van der Waals surface area contributed by atoms with E-state index in [-0.39, 0.29) is 35.1 Å². The largest absolute Gasteiger partial charge is 0.478 e. The Bertz CT molecular complexity index is 1830. The number of amides is 1. The summed E-state index contributed by atoms with van der Waals surface area (Å²) in [6, 6.07) is 28.0. The van der Waals surface area contributed by atoms with Gasteiger partial charge in [0.25, 0.3) is 0 Å². The van der Waals surface area contributed by atoms with Crippen LogP contribution in [0.1, 0.15) is 62.9 Å². The molecule has 13 heteroatoms. The van der Waals surface area contributed by atoms with Crippen molar-refractivity contribution in [3.63, 3.8) is 0 Å². The SMILES string of the molecule is COC(=O)c1ccc(-c2ccc3c(c2)[C@H](N)C[C@H](C)N3C(C)=O)cc1.O=C(O[C@H](C(=O)O)[C@H](OC(=O)c1ccccc1)C(=O)O)c1ccccc1. The van der Waals surface area contributed by atoms with Gasteiger partial charge in [0, 0.05) is 24.7 Å². The number of nitrogens with zero attached hydrogens (tertiary/aromatic N) is 1. The number of hydrogen-bond donors (Lipinski definition) is 3. The van der Waals surface area contributed by atoms with Crippen molar-refractivity contribution in [2.75, 3.05) is 12.0 Å². The highest BCUT2D eigenvalue weighted by Gasteiger charge is 2.41. The number of esters is 3. The molecule has 1 aliphatic rings. The zero-order chi connectivity index (χ0) is 37.2. The van der Waals surface area contributed by atoms with E-state index < -0.39 is 36.1 Å². The average Bonchev–Trinajstić information content (AvgIpc) is 3.13. The lowest BCUT2D eigenvalue weighted by atomic mass is 9.89. The van der Waals surface area contributed by atoms with Crippen molar-refractivity contribution in [3.05, 3.63) is 125 Å². The van der Waals surface area contributed by atoms with Crippen molar-refractivity contribution in [3.8, 4) is 11.1 Å². The minimum Gasteiger partial charge on any atom is -0.478 e. The highest BCUT2D eigenvalue weighted by atomic mass is 16.6. The Morgan fingerprint density at radius 1 is 0.686 bits per heavy atom. The topological polar surface area (TPSA) is 200 Å². The Morgan fingerprint density at radius 2 is 1.14 bits per heavy atom. The highest BCUT2D eigenvalue weighted by Crippen LogP contribution is 2.38. The quantitative estimate of drug-likeness (QED) is 0.158. The number of carbonyl (C=O) groups excluding carboxylic acids is 4. The van der Waals surface area contributed by atoms with Gasteiger partial charge < -0.3 is 35.1 Å². The molecule has 51 heavy (non-hydrogen) atoms. The number of fused-ring (bicyclic) bond motifs is 1. The summed E-state index contributed by atoms with van der Waals surface area (Å²) in [6.07, 6.45) is -3.70. The first-order chi connectivity index (χ1) is 24.3. The first kappa shape index (κ1) is 37.5. The molecule has 5 rings (SSSR count). The Morgan fingerprint density at radius 3 is 1.57 bits per heavy atom. The lowest BCUT2D eigenvalue weighted by Crippen LogP contribution is -2.45. The van der Waals surface area contributed by atoms with Gasteiger partial charge in [0.15, 0.2) is 0 Å². The van der Waals surface area contributed by atoms with Crippen molar-refractivity contribution in [1.29, 1.82) is 0 Å². The molecule has 0 unspecified atom stereocenters. The van der Waals surface area contributed by atoms with Crippen LogP contribution in [-0.4, -0.2) is 71.3 Å². The van der Waals surface area contributed by atoms with E-state index in [9.17, 15) is 39.0 Å². The molecule has 0 bridgehead atoms. The van der Waals surface area contributed by atoms with Gasteiger partial charge in [-0.15, -0.1) is 0 Å². The van der Waals surface area contributed by atoms with Crippen LogP contribution in [0.4, 0.5) is 5.69 Å². The lowest BCUT2D eigenvalue weighted by Gasteiger charge is -2.37. The molecule has 4 aromatic rings. The van der Waals surface area contributed by atoms with E-state index in [1.165, 1.54) is 55.6 Å². The van der Waals surface area contributed by atoms with Crippen LogP contribution in [0.15, 0.2) is 103 Å². The standard InChI is InChI=1S/C20H22N2O3.C18H14O8/c1-12-10-18(21)17-11-16(8-9-19(17)22(12)13(2)23)14-4-6-15(7-5-14)20(24)25-3;19-15(20)13(25-17(23)11-7-3-1-4-8-11)14(16(21)22)26-18(24)12-9-5-2-6-10-12/h4-9,11-12,18H,10,21H2,1-3H3;1-10,13-14H,(H,19,20)(H,21,22)/t12-,18+;13-,14-/m00/s1. The predicted molar refractivity (Wildman–Crippen MR) is 184 cm³/mol. The second kappa shape index (κ2) is 16.9. The zero-order valence-electron chi connectivity index (χ0n) is 27.9. The molecule has 0 saturated heterocycles. The summed E-state index contributed by atoms with van der Waals surface area (Å²) < 4.78 is 14.2. The molecule has 264 valence electrons. The molecule has 0 saturated carbocycles. The number of carboxylic acid groups (broad SMARTS) is 2. The third kappa shape index (κ3) is 9.22. The van der Waals surface area contributed by atoms with Crippen molar-refractivity contribution in [2.24, 2.45) is 5.73 Å². The average molecular weight is 697 g/mol.